The van der Waals surface area contributed by atoms with Gasteiger partial charge in [-0.25, -0.2) is 0 Å². The van der Waals surface area contributed by atoms with E-state index in [1.54, 1.807) is 0 Å². The molecule has 2 N–H and O–H groups in total. The molecule has 0 aliphatic heterocycles. The second-order valence-electron chi connectivity index (χ2n) is 7.93. The number of ether oxygens (including phenoxy) is 2. The van der Waals surface area contributed by atoms with Crippen molar-refractivity contribution in [1.82, 2.24) is 0 Å². The highest BCUT2D eigenvalue weighted by Crippen LogP contribution is 2.36. The highest BCUT2D eigenvalue weighted by atomic mass is 127. The number of carbonyl (C=O) groups excluding carboxylic acids is 3. The van der Waals surface area contributed by atoms with Gasteiger partial charge in [-0.3, -0.25) is 14.4 Å². The van der Waals surface area contributed by atoms with Gasteiger partial charge in [-0.05, 0) is 60.8 Å². The van der Waals surface area contributed by atoms with Crippen LogP contribution < -0.4 is 0 Å². The number of halogens is 1. The summed E-state index contributed by atoms with van der Waals surface area (Å²) in [6.07, 6.45) is 7.79. The van der Waals surface area contributed by atoms with Gasteiger partial charge in [0.15, 0.2) is 5.78 Å². The van der Waals surface area contributed by atoms with Crippen LogP contribution in [0.3, 0.4) is 0 Å². The first kappa shape index (κ1) is 27.8. The molecule has 0 saturated carbocycles. The van der Waals surface area contributed by atoms with Gasteiger partial charge in [0, 0.05) is 25.2 Å². The zero-order valence-corrected chi connectivity index (χ0v) is 20.7. The minimum Gasteiger partial charge on any atom is -0.469 e. The number of carbonyl (C=O) groups is 3. The summed E-state index contributed by atoms with van der Waals surface area (Å²) in [5.74, 6) is -1.49. The molecule has 0 fully saturated rings. The van der Waals surface area contributed by atoms with Gasteiger partial charge in [0.05, 0.1) is 22.9 Å². The van der Waals surface area contributed by atoms with Crippen molar-refractivity contribution in [2.24, 2.45) is 11.8 Å². The second kappa shape index (κ2) is 14.7. The van der Waals surface area contributed by atoms with Gasteiger partial charge in [-0.15, -0.1) is 0 Å². The molecule has 7 nitrogen and oxygen atoms in total. The zero-order valence-electron chi connectivity index (χ0n) is 18.6. The minimum atomic E-state index is -1.08. The molecule has 31 heavy (non-hydrogen) atoms. The Hall–Kier alpha value is -1.26. The fourth-order valence-electron chi connectivity index (χ4n) is 3.60. The molecule has 0 amide bonds. The monoisotopic (exact) mass is 550 g/mol. The molecule has 0 spiro atoms. The fraction of sp³-hybridized carbons (Fsp3) is 0.696. The summed E-state index contributed by atoms with van der Waals surface area (Å²) < 4.78 is 10.5. The standard InChI is InChI=1S/C23H35IO7/c1-4-5-6-8-17(31-15(2)25)12-11-16-13-19(24)23(29)18(16)14-21(27)20(26)9-7-10-22(28)30-3/h11-13,16-18,20-21,26-27H,4-10,14H2,1-3H3/b12-11+/t16-,17-,18+,20+,21+/m0/s1. The first-order chi connectivity index (χ1) is 14.7. The highest BCUT2D eigenvalue weighted by Gasteiger charge is 2.36. The maximum atomic E-state index is 12.6. The van der Waals surface area contributed by atoms with Gasteiger partial charge in [-0.2, -0.15) is 0 Å². The largest absolute Gasteiger partial charge is 0.469 e. The Morgan fingerprint density at radius 2 is 1.90 bits per heavy atom. The third kappa shape index (κ3) is 10.3. The molecule has 0 bridgehead atoms. The third-order valence-corrected chi connectivity index (χ3v) is 6.27. The van der Waals surface area contributed by atoms with Gasteiger partial charge < -0.3 is 19.7 Å². The number of ketones is 1. The van der Waals surface area contributed by atoms with E-state index in [0.717, 1.165) is 25.7 Å². The second-order valence-corrected chi connectivity index (χ2v) is 9.09. The molecule has 0 radical (unpaired) electrons. The van der Waals surface area contributed by atoms with Crippen LogP contribution in [0.15, 0.2) is 21.8 Å². The van der Waals surface area contributed by atoms with E-state index in [1.165, 1.54) is 14.0 Å². The molecular formula is C23H35IO7. The lowest BCUT2D eigenvalue weighted by molar-refractivity contribution is -0.144. The molecule has 1 aliphatic carbocycles. The summed E-state index contributed by atoms with van der Waals surface area (Å²) in [7, 11) is 1.30. The average molecular weight is 550 g/mol. The van der Waals surface area contributed by atoms with Gasteiger partial charge in [-0.1, -0.05) is 31.9 Å². The number of Topliss-reactive ketones (excluding diaryl/α,β-unsaturated/α-hetero) is 1. The summed E-state index contributed by atoms with van der Waals surface area (Å²) in [4.78, 5) is 35.2. The van der Waals surface area contributed by atoms with Crippen LogP contribution in [0.5, 0.6) is 0 Å². The van der Waals surface area contributed by atoms with E-state index < -0.39 is 18.1 Å². The van der Waals surface area contributed by atoms with Crippen LogP contribution in [0.1, 0.15) is 65.2 Å². The lowest BCUT2D eigenvalue weighted by Crippen LogP contribution is -2.31. The number of esters is 2. The molecule has 0 unspecified atom stereocenters. The van der Waals surface area contributed by atoms with Crippen LogP contribution in [-0.2, 0) is 23.9 Å². The molecule has 1 rings (SSSR count). The summed E-state index contributed by atoms with van der Waals surface area (Å²) in [5, 5.41) is 20.7. The smallest absolute Gasteiger partial charge is 0.305 e. The molecule has 176 valence electrons. The van der Waals surface area contributed by atoms with Crippen LogP contribution in [0, 0.1) is 11.8 Å². The zero-order chi connectivity index (χ0) is 23.4. The van der Waals surface area contributed by atoms with E-state index in [2.05, 4.69) is 11.7 Å². The molecule has 0 heterocycles. The predicted molar refractivity (Wildman–Crippen MR) is 125 cm³/mol. The average Bonchev–Trinajstić information content (AvgIpc) is 2.98. The van der Waals surface area contributed by atoms with Gasteiger partial charge in [0.25, 0.3) is 0 Å². The lowest BCUT2D eigenvalue weighted by Gasteiger charge is -2.23. The first-order valence-corrected chi connectivity index (χ1v) is 12.0. The molecular weight excluding hydrogens is 515 g/mol. The normalized spacial score (nSPS) is 21.6. The van der Waals surface area contributed by atoms with E-state index in [0.29, 0.717) is 10.0 Å². The third-order valence-electron chi connectivity index (χ3n) is 5.38. The Morgan fingerprint density at radius 3 is 2.52 bits per heavy atom. The Morgan fingerprint density at radius 1 is 1.19 bits per heavy atom. The van der Waals surface area contributed by atoms with E-state index in [1.807, 2.05) is 40.8 Å². The number of allylic oxidation sites excluding steroid dienone is 3. The summed E-state index contributed by atoms with van der Waals surface area (Å²) in [5.41, 5.74) is 0. The van der Waals surface area contributed by atoms with Crippen LogP contribution in [0.4, 0.5) is 0 Å². The first-order valence-electron chi connectivity index (χ1n) is 10.9. The van der Waals surface area contributed by atoms with Crippen molar-refractivity contribution in [3.05, 3.63) is 21.8 Å². The van der Waals surface area contributed by atoms with E-state index in [9.17, 15) is 24.6 Å². The molecule has 8 heteroatoms. The number of unbranched alkanes of at least 4 members (excludes halogenated alkanes) is 2. The van der Waals surface area contributed by atoms with Crippen LogP contribution in [0.2, 0.25) is 0 Å². The molecule has 1 aliphatic rings. The Kier molecular flexibility index (Phi) is 13.2. The Balaban J connectivity index is 2.73. The Bertz CT molecular complexity index is 658. The minimum absolute atomic E-state index is 0.0638. The number of aliphatic hydroxyl groups is 2. The summed E-state index contributed by atoms with van der Waals surface area (Å²) >= 11 is 1.99. The fourth-order valence-corrected chi connectivity index (χ4v) is 4.41. The van der Waals surface area contributed by atoms with Crippen LogP contribution in [-0.4, -0.2) is 53.4 Å². The number of hydrogen-bond donors (Lipinski definition) is 2. The SMILES string of the molecule is CCCCC[C@@H](/C=C/[C@H]1C=C(I)C(=O)[C@@H]1C[C@@H](O)[C@H](O)CCCC(=O)OC)OC(C)=O. The molecule has 0 saturated heterocycles. The molecule has 5 atom stereocenters. The van der Waals surface area contributed by atoms with Crippen molar-refractivity contribution in [2.45, 2.75) is 83.5 Å². The van der Waals surface area contributed by atoms with E-state index in [-0.39, 0.29) is 49.0 Å². The maximum Gasteiger partial charge on any atom is 0.305 e. The molecule has 0 aromatic rings. The molecule has 0 aromatic carbocycles. The van der Waals surface area contributed by atoms with Crippen LogP contribution in [0.25, 0.3) is 0 Å². The van der Waals surface area contributed by atoms with Crippen molar-refractivity contribution in [1.29, 1.82) is 0 Å². The number of aliphatic hydroxyl groups excluding tert-OH is 2. The van der Waals surface area contributed by atoms with Gasteiger partial charge in [0.2, 0.25) is 0 Å². The topological polar surface area (TPSA) is 110 Å². The van der Waals surface area contributed by atoms with Gasteiger partial charge >= 0.3 is 11.9 Å². The maximum absolute atomic E-state index is 12.6. The van der Waals surface area contributed by atoms with E-state index >= 15 is 0 Å². The number of hydrogen-bond acceptors (Lipinski definition) is 7. The van der Waals surface area contributed by atoms with Crippen molar-refractivity contribution in [3.63, 3.8) is 0 Å². The lowest BCUT2D eigenvalue weighted by atomic mass is 9.86. The summed E-state index contributed by atoms with van der Waals surface area (Å²) in [6.45, 7) is 3.48. The van der Waals surface area contributed by atoms with E-state index in [4.69, 9.17) is 4.74 Å². The van der Waals surface area contributed by atoms with Crippen LogP contribution >= 0.6 is 22.6 Å². The van der Waals surface area contributed by atoms with Crippen molar-refractivity contribution < 1.29 is 34.1 Å². The number of methoxy groups -OCH3 is 1. The summed E-state index contributed by atoms with van der Waals surface area (Å²) in [6, 6.07) is 0. The molecule has 0 aromatic heterocycles. The predicted octanol–water partition coefficient (Wildman–Crippen LogP) is 3.64. The van der Waals surface area contributed by atoms with Crippen molar-refractivity contribution in [3.8, 4) is 0 Å². The quantitative estimate of drug-likeness (QED) is 0.147. The number of rotatable bonds is 14. The van der Waals surface area contributed by atoms with Crippen molar-refractivity contribution >= 4 is 40.3 Å². The van der Waals surface area contributed by atoms with Gasteiger partial charge in [0.1, 0.15) is 6.10 Å². The highest BCUT2D eigenvalue weighted by molar-refractivity contribution is 14.1. The van der Waals surface area contributed by atoms with Crippen molar-refractivity contribution in [2.75, 3.05) is 7.11 Å². The Labute approximate surface area is 198 Å².